The number of phenols is 1. The lowest BCUT2D eigenvalue weighted by Crippen LogP contribution is -2.21. The highest BCUT2D eigenvalue weighted by Gasteiger charge is 2.25. The summed E-state index contributed by atoms with van der Waals surface area (Å²) < 4.78 is 5.23. The molecule has 0 aromatic heterocycles. The van der Waals surface area contributed by atoms with Crippen molar-refractivity contribution in [3.63, 3.8) is 0 Å². The summed E-state index contributed by atoms with van der Waals surface area (Å²) in [5, 5.41) is 13.7. The maximum atomic E-state index is 12.2. The summed E-state index contributed by atoms with van der Waals surface area (Å²) in [6.07, 6.45) is 8.65. The summed E-state index contributed by atoms with van der Waals surface area (Å²) in [5.41, 5.74) is 1.51. The molecular weight excluding hydrogens is 336 g/mol. The van der Waals surface area contributed by atoms with Crippen molar-refractivity contribution >= 4 is 28.9 Å². The van der Waals surface area contributed by atoms with Gasteiger partial charge in [-0.05, 0) is 54.8 Å². The average molecular weight is 358 g/mol. The maximum Gasteiger partial charge on any atom is 0.264 e. The molecule has 2 aliphatic rings. The van der Waals surface area contributed by atoms with Crippen LogP contribution < -0.4 is 10.1 Å². The Morgan fingerprint density at radius 1 is 1.44 bits per heavy atom. The van der Waals surface area contributed by atoms with E-state index < -0.39 is 0 Å². The van der Waals surface area contributed by atoms with Gasteiger partial charge in [0.2, 0.25) is 0 Å². The number of hydrogen-bond donors (Lipinski definition) is 2. The van der Waals surface area contributed by atoms with Crippen LogP contribution in [0.5, 0.6) is 11.5 Å². The third kappa shape index (κ3) is 4.07. The molecule has 6 heteroatoms. The van der Waals surface area contributed by atoms with E-state index in [1.165, 1.54) is 31.7 Å². The Labute approximate surface area is 151 Å². The number of rotatable bonds is 5. The minimum absolute atomic E-state index is 0.108. The number of thioether (sulfide) groups is 1. The van der Waals surface area contributed by atoms with Crippen molar-refractivity contribution < 1.29 is 14.6 Å². The molecule has 5 nitrogen and oxygen atoms in total. The molecule has 25 heavy (non-hydrogen) atoms. The first-order chi connectivity index (χ1) is 12.1. The van der Waals surface area contributed by atoms with Gasteiger partial charge in [-0.25, -0.2) is 0 Å². The van der Waals surface area contributed by atoms with Gasteiger partial charge >= 0.3 is 0 Å². The van der Waals surface area contributed by atoms with E-state index in [2.05, 4.69) is 16.9 Å². The molecule has 1 saturated heterocycles. The SMILES string of the molecule is C=CCc1cc(C=C2SC(=NC3CCCC3)NC2=O)cc(OC)c1O. The molecule has 1 amide bonds. The number of amidine groups is 1. The zero-order valence-corrected chi connectivity index (χ0v) is 15.1. The van der Waals surface area contributed by atoms with Crippen molar-refractivity contribution in [1.29, 1.82) is 0 Å². The number of methoxy groups -OCH3 is 1. The quantitative estimate of drug-likeness (QED) is 0.623. The summed E-state index contributed by atoms with van der Waals surface area (Å²) in [5.74, 6) is 0.352. The van der Waals surface area contributed by atoms with Crippen LogP contribution in [0.25, 0.3) is 6.08 Å². The molecule has 1 aliphatic carbocycles. The topological polar surface area (TPSA) is 70.9 Å². The van der Waals surface area contributed by atoms with Crippen LogP contribution in [0.1, 0.15) is 36.8 Å². The van der Waals surface area contributed by atoms with Crippen molar-refractivity contribution in [2.75, 3.05) is 7.11 Å². The number of nitrogens with one attached hydrogen (secondary N) is 1. The predicted octanol–water partition coefficient (Wildman–Crippen LogP) is 3.63. The Kier molecular flexibility index (Phi) is 5.48. The smallest absolute Gasteiger partial charge is 0.264 e. The minimum Gasteiger partial charge on any atom is -0.504 e. The third-order valence-electron chi connectivity index (χ3n) is 4.33. The van der Waals surface area contributed by atoms with E-state index in [9.17, 15) is 9.90 Å². The number of carbonyl (C=O) groups excluding carboxylic acids is 1. The molecule has 3 rings (SSSR count). The number of aromatic hydroxyl groups is 1. The number of aliphatic imine (C=N–C) groups is 1. The fraction of sp³-hybridized carbons (Fsp3) is 0.368. The lowest BCUT2D eigenvalue weighted by atomic mass is 10.1. The molecule has 1 aromatic rings. The maximum absolute atomic E-state index is 12.2. The first-order valence-corrected chi connectivity index (χ1v) is 9.22. The zero-order chi connectivity index (χ0) is 17.8. The monoisotopic (exact) mass is 358 g/mol. The predicted molar refractivity (Wildman–Crippen MR) is 102 cm³/mol. The van der Waals surface area contributed by atoms with Gasteiger partial charge in [0.1, 0.15) is 0 Å². The van der Waals surface area contributed by atoms with E-state index >= 15 is 0 Å². The van der Waals surface area contributed by atoms with Crippen LogP contribution in [0.2, 0.25) is 0 Å². The number of carbonyl (C=O) groups is 1. The van der Waals surface area contributed by atoms with Gasteiger partial charge in [-0.15, -0.1) is 6.58 Å². The number of ether oxygens (including phenoxy) is 1. The molecule has 1 saturated carbocycles. The Balaban J connectivity index is 1.85. The Morgan fingerprint density at radius 2 is 2.20 bits per heavy atom. The van der Waals surface area contributed by atoms with Crippen molar-refractivity contribution in [2.45, 2.75) is 38.1 Å². The second kappa shape index (κ2) is 7.78. The highest BCUT2D eigenvalue weighted by Crippen LogP contribution is 2.35. The molecule has 2 N–H and O–H groups in total. The van der Waals surface area contributed by atoms with Gasteiger partial charge in [0.05, 0.1) is 18.1 Å². The van der Waals surface area contributed by atoms with E-state index in [1.807, 2.05) is 6.07 Å². The summed E-state index contributed by atoms with van der Waals surface area (Å²) in [7, 11) is 1.51. The standard InChI is InChI=1S/C19H22N2O3S/c1-3-6-13-9-12(10-15(24-2)17(13)22)11-16-18(23)21-19(25-16)20-14-7-4-5-8-14/h3,9-11,14,22H,1,4-8H2,2H3,(H,20,21,23). The van der Waals surface area contributed by atoms with E-state index in [-0.39, 0.29) is 11.7 Å². The molecule has 1 aromatic carbocycles. The highest BCUT2D eigenvalue weighted by atomic mass is 32.2. The third-order valence-corrected chi connectivity index (χ3v) is 5.26. The van der Waals surface area contributed by atoms with E-state index in [0.29, 0.717) is 33.8 Å². The van der Waals surface area contributed by atoms with Crippen LogP contribution >= 0.6 is 11.8 Å². The van der Waals surface area contributed by atoms with Crippen LogP contribution in [0.15, 0.2) is 34.7 Å². The largest absolute Gasteiger partial charge is 0.504 e. The molecular formula is C19H22N2O3S. The Hall–Kier alpha value is -2.21. The normalized spacial score (nSPS) is 21.1. The van der Waals surface area contributed by atoms with Gasteiger partial charge in [0.25, 0.3) is 5.91 Å². The molecule has 0 atom stereocenters. The van der Waals surface area contributed by atoms with Gasteiger partial charge in [-0.2, -0.15) is 0 Å². The second-order valence-corrected chi connectivity index (χ2v) is 7.19. The van der Waals surface area contributed by atoms with Crippen molar-refractivity contribution in [3.8, 4) is 11.5 Å². The number of nitrogens with zero attached hydrogens (tertiary/aromatic N) is 1. The molecule has 0 bridgehead atoms. The first kappa shape index (κ1) is 17.6. The second-order valence-electron chi connectivity index (χ2n) is 6.16. The number of hydrogen-bond acceptors (Lipinski definition) is 5. The summed E-state index contributed by atoms with van der Waals surface area (Å²) in [4.78, 5) is 17.4. The Morgan fingerprint density at radius 3 is 2.88 bits per heavy atom. The van der Waals surface area contributed by atoms with E-state index in [4.69, 9.17) is 4.74 Å². The van der Waals surface area contributed by atoms with E-state index in [0.717, 1.165) is 18.4 Å². The summed E-state index contributed by atoms with van der Waals surface area (Å²) in [6, 6.07) is 3.89. The van der Waals surface area contributed by atoms with Gasteiger partial charge in [-0.3, -0.25) is 9.79 Å². The van der Waals surface area contributed by atoms with Crippen LogP contribution in [0, 0.1) is 0 Å². The first-order valence-electron chi connectivity index (χ1n) is 8.40. The minimum atomic E-state index is -0.140. The van der Waals surface area contributed by atoms with E-state index in [1.54, 1.807) is 18.2 Å². The molecule has 0 unspecified atom stereocenters. The van der Waals surface area contributed by atoms with Gasteiger partial charge < -0.3 is 15.2 Å². The van der Waals surface area contributed by atoms with Crippen LogP contribution in [-0.4, -0.2) is 29.3 Å². The summed E-state index contributed by atoms with van der Waals surface area (Å²) >= 11 is 1.36. The molecule has 2 fully saturated rings. The fourth-order valence-electron chi connectivity index (χ4n) is 3.08. The van der Waals surface area contributed by atoms with Gasteiger partial charge in [0.15, 0.2) is 16.7 Å². The molecule has 1 heterocycles. The fourth-order valence-corrected chi connectivity index (χ4v) is 3.97. The summed E-state index contributed by atoms with van der Waals surface area (Å²) in [6.45, 7) is 3.70. The molecule has 0 radical (unpaired) electrons. The van der Waals surface area contributed by atoms with Crippen molar-refractivity contribution in [1.82, 2.24) is 5.32 Å². The van der Waals surface area contributed by atoms with Gasteiger partial charge in [0, 0.05) is 5.56 Å². The van der Waals surface area contributed by atoms with Crippen molar-refractivity contribution in [2.24, 2.45) is 4.99 Å². The lowest BCUT2D eigenvalue weighted by Gasteiger charge is -2.09. The Bertz CT molecular complexity index is 749. The number of allylic oxidation sites excluding steroid dienone is 1. The van der Waals surface area contributed by atoms with Crippen LogP contribution in [0.3, 0.4) is 0 Å². The highest BCUT2D eigenvalue weighted by molar-refractivity contribution is 8.18. The van der Waals surface area contributed by atoms with Crippen molar-refractivity contribution in [3.05, 3.63) is 40.8 Å². The zero-order valence-electron chi connectivity index (χ0n) is 14.2. The lowest BCUT2D eigenvalue weighted by molar-refractivity contribution is -0.115. The van der Waals surface area contributed by atoms with Gasteiger partial charge in [-0.1, -0.05) is 18.9 Å². The number of amides is 1. The van der Waals surface area contributed by atoms with Crippen LogP contribution in [0.4, 0.5) is 0 Å². The molecule has 132 valence electrons. The number of benzene rings is 1. The van der Waals surface area contributed by atoms with Crippen LogP contribution in [-0.2, 0) is 11.2 Å². The molecule has 0 spiro atoms. The average Bonchev–Trinajstić information content (AvgIpc) is 3.21. The molecule has 1 aliphatic heterocycles. The number of phenolic OH excluding ortho intramolecular Hbond substituents is 1.